The first kappa shape index (κ1) is 13.9. The van der Waals surface area contributed by atoms with Crippen LogP contribution in [0.25, 0.3) is 0 Å². The van der Waals surface area contributed by atoms with E-state index in [0.717, 1.165) is 0 Å². The molecule has 2 fully saturated rings. The number of fused-ring (bicyclic) bond motifs is 1. The molecule has 0 amide bonds. The van der Waals surface area contributed by atoms with Gasteiger partial charge >= 0.3 is 0 Å². The number of nitrogens with zero attached hydrogens (tertiary/aromatic N) is 1. The van der Waals surface area contributed by atoms with Gasteiger partial charge in [-0.25, -0.2) is 0 Å². The van der Waals surface area contributed by atoms with Crippen LogP contribution in [0, 0.1) is 4.77 Å². The van der Waals surface area contributed by atoms with Crippen molar-refractivity contribution >= 4 is 12.2 Å². The molecule has 2 saturated heterocycles. The number of ether oxygens (including phenoxy) is 3. The van der Waals surface area contributed by atoms with Crippen LogP contribution >= 0.6 is 12.2 Å². The van der Waals surface area contributed by atoms with E-state index in [-0.39, 0.29) is 29.1 Å². The van der Waals surface area contributed by atoms with Crippen LogP contribution in [0.1, 0.15) is 20.1 Å². The predicted octanol–water partition coefficient (Wildman–Crippen LogP) is 0.316. The highest BCUT2D eigenvalue weighted by Gasteiger charge is 2.55. The molecule has 1 aromatic rings. The van der Waals surface area contributed by atoms with Gasteiger partial charge in [-0.05, 0) is 26.1 Å². The first-order valence-electron chi connectivity index (χ1n) is 6.35. The molecule has 0 bridgehead atoms. The summed E-state index contributed by atoms with van der Waals surface area (Å²) < 4.78 is 19.2. The number of aliphatic hydroxyl groups excluding tert-OH is 1. The van der Waals surface area contributed by atoms with Crippen molar-refractivity contribution < 1.29 is 19.3 Å². The highest BCUT2D eigenvalue weighted by atomic mass is 32.1. The zero-order chi connectivity index (χ0) is 14.5. The number of hydrogen-bond acceptors (Lipinski definition) is 6. The van der Waals surface area contributed by atoms with Crippen LogP contribution in [0.5, 0.6) is 0 Å². The second-order valence-electron chi connectivity index (χ2n) is 5.33. The van der Waals surface area contributed by atoms with E-state index in [4.69, 9.17) is 26.4 Å². The number of aromatic amines is 1. The Hall–Kier alpha value is -1.06. The van der Waals surface area contributed by atoms with Crippen molar-refractivity contribution in [1.29, 1.82) is 0 Å². The standard InChI is InChI=1S/C12H16N2O5S/c1-12(2)18-8-6(5-15)17-10(9(8)19-12)14-4-3-7(16)13-11(14)20/h3-4,6,8-10,15H,5H2,1-2H3,(H,13,16,20)/t6-,8?,9?,10-/m1/s1. The molecule has 4 atom stereocenters. The van der Waals surface area contributed by atoms with E-state index in [1.54, 1.807) is 10.8 Å². The Balaban J connectivity index is 1.98. The molecule has 0 aliphatic carbocycles. The number of nitrogens with one attached hydrogen (secondary N) is 1. The molecule has 8 heteroatoms. The minimum Gasteiger partial charge on any atom is -0.394 e. The van der Waals surface area contributed by atoms with Gasteiger partial charge in [0.05, 0.1) is 6.61 Å². The number of rotatable bonds is 2. The van der Waals surface area contributed by atoms with Gasteiger partial charge in [-0.1, -0.05) is 0 Å². The summed E-state index contributed by atoms with van der Waals surface area (Å²) in [6.07, 6.45) is -0.227. The third-order valence-corrected chi connectivity index (χ3v) is 3.74. The fourth-order valence-corrected chi connectivity index (χ4v) is 2.92. The van der Waals surface area contributed by atoms with Crippen LogP contribution in [0.3, 0.4) is 0 Å². The summed E-state index contributed by atoms with van der Waals surface area (Å²) in [4.78, 5) is 13.8. The molecule has 3 heterocycles. The van der Waals surface area contributed by atoms with E-state index in [9.17, 15) is 9.90 Å². The van der Waals surface area contributed by atoms with Crippen molar-refractivity contribution in [3.8, 4) is 0 Å². The fraction of sp³-hybridized carbons (Fsp3) is 0.667. The van der Waals surface area contributed by atoms with Gasteiger partial charge in [0.2, 0.25) is 0 Å². The molecule has 2 aliphatic rings. The summed E-state index contributed by atoms with van der Waals surface area (Å²) in [7, 11) is 0. The van der Waals surface area contributed by atoms with Gasteiger partial charge in [0.15, 0.2) is 16.8 Å². The van der Waals surface area contributed by atoms with Crippen molar-refractivity contribution in [2.75, 3.05) is 6.61 Å². The summed E-state index contributed by atoms with van der Waals surface area (Å²) >= 11 is 5.14. The fourth-order valence-electron chi connectivity index (χ4n) is 2.66. The van der Waals surface area contributed by atoms with Gasteiger partial charge in [0, 0.05) is 12.3 Å². The van der Waals surface area contributed by atoms with E-state index >= 15 is 0 Å². The second-order valence-corrected chi connectivity index (χ2v) is 5.72. The molecule has 2 N–H and O–H groups in total. The molecule has 20 heavy (non-hydrogen) atoms. The number of aromatic nitrogens is 2. The highest BCUT2D eigenvalue weighted by molar-refractivity contribution is 7.71. The summed E-state index contributed by atoms with van der Waals surface area (Å²) in [5.41, 5.74) is -0.275. The van der Waals surface area contributed by atoms with Gasteiger partial charge in [0.25, 0.3) is 5.56 Å². The van der Waals surface area contributed by atoms with E-state index in [1.807, 2.05) is 13.8 Å². The molecular formula is C12H16N2O5S. The Labute approximate surface area is 120 Å². The Morgan fingerprint density at radius 3 is 2.80 bits per heavy atom. The lowest BCUT2D eigenvalue weighted by atomic mass is 10.1. The van der Waals surface area contributed by atoms with Crippen molar-refractivity contribution in [2.45, 2.75) is 44.2 Å². The minimum atomic E-state index is -0.741. The van der Waals surface area contributed by atoms with Gasteiger partial charge in [-0.3, -0.25) is 14.3 Å². The van der Waals surface area contributed by atoms with Gasteiger partial charge < -0.3 is 19.3 Å². The number of H-pyrrole nitrogens is 1. The molecule has 0 saturated carbocycles. The molecule has 110 valence electrons. The second kappa shape index (κ2) is 4.74. The van der Waals surface area contributed by atoms with Crippen LogP contribution in [0.2, 0.25) is 0 Å². The van der Waals surface area contributed by atoms with Crippen LogP contribution in [0.4, 0.5) is 0 Å². The maximum atomic E-state index is 11.2. The van der Waals surface area contributed by atoms with Crippen LogP contribution in [0.15, 0.2) is 17.1 Å². The number of hydrogen-bond donors (Lipinski definition) is 2. The Bertz CT molecular complexity index is 625. The molecule has 2 aliphatic heterocycles. The summed E-state index contributed by atoms with van der Waals surface area (Å²) in [6, 6.07) is 1.36. The Kier molecular flexibility index (Phi) is 3.30. The van der Waals surface area contributed by atoms with E-state index < -0.39 is 18.1 Å². The van der Waals surface area contributed by atoms with E-state index in [2.05, 4.69) is 4.98 Å². The lowest BCUT2D eigenvalue weighted by Crippen LogP contribution is -2.31. The topological polar surface area (TPSA) is 85.7 Å². The van der Waals surface area contributed by atoms with Crippen LogP contribution < -0.4 is 5.56 Å². The average Bonchev–Trinajstić information content (AvgIpc) is 2.83. The average molecular weight is 300 g/mol. The van der Waals surface area contributed by atoms with Crippen LogP contribution in [-0.2, 0) is 14.2 Å². The van der Waals surface area contributed by atoms with E-state index in [1.165, 1.54) is 6.07 Å². The third-order valence-electron chi connectivity index (χ3n) is 3.43. The normalized spacial score (nSPS) is 35.1. The maximum absolute atomic E-state index is 11.2. The smallest absolute Gasteiger partial charge is 0.251 e. The van der Waals surface area contributed by atoms with Gasteiger partial charge in [-0.15, -0.1) is 0 Å². The lowest BCUT2D eigenvalue weighted by Gasteiger charge is -2.24. The van der Waals surface area contributed by atoms with Crippen molar-refractivity contribution in [1.82, 2.24) is 9.55 Å². The molecular weight excluding hydrogens is 284 g/mol. The summed E-state index contributed by atoms with van der Waals surface area (Å²) in [6.45, 7) is 3.44. The lowest BCUT2D eigenvalue weighted by molar-refractivity contribution is -0.200. The van der Waals surface area contributed by atoms with Gasteiger partial charge in [-0.2, -0.15) is 0 Å². The SMILES string of the molecule is CC1(C)OC2C(O1)[C@@H](CO)O[C@H]2n1ccc(=O)[nH]c1=S. The molecule has 3 rings (SSSR count). The molecule has 0 aromatic carbocycles. The van der Waals surface area contributed by atoms with Crippen molar-refractivity contribution in [3.63, 3.8) is 0 Å². The van der Waals surface area contributed by atoms with Crippen molar-refractivity contribution in [3.05, 3.63) is 27.4 Å². The summed E-state index contributed by atoms with van der Waals surface area (Å²) in [5, 5.41) is 9.41. The molecule has 7 nitrogen and oxygen atoms in total. The quantitative estimate of drug-likeness (QED) is 0.765. The highest BCUT2D eigenvalue weighted by Crippen LogP contribution is 2.42. The largest absolute Gasteiger partial charge is 0.394 e. The Morgan fingerprint density at radius 2 is 2.15 bits per heavy atom. The van der Waals surface area contributed by atoms with Gasteiger partial charge in [0.1, 0.15) is 18.3 Å². The molecule has 1 aromatic heterocycles. The third kappa shape index (κ3) is 2.23. The molecule has 0 spiro atoms. The molecule has 2 unspecified atom stereocenters. The first-order chi connectivity index (χ1) is 9.41. The Morgan fingerprint density at radius 1 is 1.45 bits per heavy atom. The van der Waals surface area contributed by atoms with E-state index in [0.29, 0.717) is 0 Å². The first-order valence-corrected chi connectivity index (χ1v) is 6.75. The zero-order valence-electron chi connectivity index (χ0n) is 11.1. The summed E-state index contributed by atoms with van der Waals surface area (Å²) in [5.74, 6) is -0.741. The monoisotopic (exact) mass is 300 g/mol. The van der Waals surface area contributed by atoms with Crippen LogP contribution in [-0.4, -0.2) is 45.4 Å². The minimum absolute atomic E-state index is 0.173. The maximum Gasteiger partial charge on any atom is 0.251 e. The predicted molar refractivity (Wildman–Crippen MR) is 70.7 cm³/mol. The molecule has 0 radical (unpaired) electrons. The van der Waals surface area contributed by atoms with Crippen molar-refractivity contribution in [2.24, 2.45) is 0 Å². The number of aliphatic hydroxyl groups is 1. The zero-order valence-corrected chi connectivity index (χ0v) is 11.9.